The zero-order valence-corrected chi connectivity index (χ0v) is 11.0. The van der Waals surface area contributed by atoms with Crippen LogP contribution in [0.1, 0.15) is 24.5 Å². The molecule has 0 radical (unpaired) electrons. The number of hydrogen-bond acceptors (Lipinski definition) is 0. The maximum Gasteiger partial charge on any atom is 0.123 e. The fraction of sp³-hybridized carbons (Fsp3) is 0.222. The lowest BCUT2D eigenvalue weighted by molar-refractivity contribution is 0.624. The van der Waals surface area contributed by atoms with Gasteiger partial charge in [-0.25, -0.2) is 4.39 Å². The summed E-state index contributed by atoms with van der Waals surface area (Å²) in [6.07, 6.45) is 5.60. The highest BCUT2D eigenvalue weighted by Gasteiger charge is 2.49. The van der Waals surface area contributed by atoms with Gasteiger partial charge >= 0.3 is 0 Å². The summed E-state index contributed by atoms with van der Waals surface area (Å²) in [5, 5.41) is 0. The molecule has 1 aliphatic rings. The van der Waals surface area contributed by atoms with Gasteiger partial charge in [-0.1, -0.05) is 61.5 Å². The van der Waals surface area contributed by atoms with Crippen LogP contribution in [0.2, 0.25) is 0 Å². The van der Waals surface area contributed by atoms with Gasteiger partial charge in [0.15, 0.2) is 0 Å². The van der Waals surface area contributed by atoms with E-state index in [-0.39, 0.29) is 11.2 Å². The molecule has 0 spiro atoms. The fourth-order valence-electron chi connectivity index (χ4n) is 2.63. The van der Waals surface area contributed by atoms with Gasteiger partial charge in [-0.2, -0.15) is 0 Å². The van der Waals surface area contributed by atoms with Crippen molar-refractivity contribution in [3.8, 4) is 0 Å². The largest absolute Gasteiger partial charge is 0.207 e. The Bertz CT molecular complexity index is 583. The summed E-state index contributed by atoms with van der Waals surface area (Å²) in [5.41, 5.74) is 2.64. The minimum Gasteiger partial charge on any atom is -0.207 e. The topological polar surface area (TPSA) is 0 Å². The van der Waals surface area contributed by atoms with Crippen LogP contribution in [-0.4, -0.2) is 0 Å². The summed E-state index contributed by atoms with van der Waals surface area (Å²) in [4.78, 5) is 0. The van der Waals surface area contributed by atoms with Crippen molar-refractivity contribution in [2.75, 3.05) is 0 Å². The Morgan fingerprint density at radius 2 is 1.74 bits per heavy atom. The van der Waals surface area contributed by atoms with Crippen molar-refractivity contribution in [3.63, 3.8) is 0 Å². The minimum absolute atomic E-state index is 0.163. The second-order valence-corrected chi connectivity index (χ2v) is 5.50. The lowest BCUT2D eigenvalue weighted by Crippen LogP contribution is -2.03. The minimum atomic E-state index is -0.163. The smallest absolute Gasteiger partial charge is 0.123 e. The molecule has 96 valence electrons. The van der Waals surface area contributed by atoms with Crippen LogP contribution in [-0.2, 0) is 5.41 Å². The molecular formula is C18H17F. The van der Waals surface area contributed by atoms with Gasteiger partial charge in [-0.15, -0.1) is 0 Å². The molecule has 1 fully saturated rings. The molecule has 0 heterocycles. The summed E-state index contributed by atoms with van der Waals surface area (Å²) in [5.74, 6) is 0.391. The van der Waals surface area contributed by atoms with Gasteiger partial charge in [0.25, 0.3) is 0 Å². The van der Waals surface area contributed by atoms with Gasteiger partial charge in [0.2, 0.25) is 0 Å². The van der Waals surface area contributed by atoms with Gasteiger partial charge in [0.05, 0.1) is 0 Å². The molecule has 0 saturated heterocycles. The highest BCUT2D eigenvalue weighted by molar-refractivity contribution is 5.51. The Kier molecular flexibility index (Phi) is 2.98. The molecule has 3 rings (SSSR count). The van der Waals surface area contributed by atoms with Crippen molar-refractivity contribution in [1.82, 2.24) is 0 Å². The van der Waals surface area contributed by atoms with E-state index in [0.717, 1.165) is 6.42 Å². The SMILES string of the molecule is C[C@@]1(c2ccc(F)cc2)C[C@@H]1/C=C/c1ccccc1. The van der Waals surface area contributed by atoms with E-state index < -0.39 is 0 Å². The van der Waals surface area contributed by atoms with E-state index in [1.165, 1.54) is 11.1 Å². The monoisotopic (exact) mass is 252 g/mol. The summed E-state index contributed by atoms with van der Waals surface area (Å²) >= 11 is 0. The zero-order chi connectivity index (χ0) is 13.3. The fourth-order valence-corrected chi connectivity index (χ4v) is 2.63. The van der Waals surface area contributed by atoms with Crippen LogP contribution in [0.15, 0.2) is 60.7 Å². The Balaban J connectivity index is 1.73. The lowest BCUT2D eigenvalue weighted by Gasteiger charge is -2.10. The van der Waals surface area contributed by atoms with Crippen molar-refractivity contribution < 1.29 is 4.39 Å². The predicted molar refractivity (Wildman–Crippen MR) is 77.3 cm³/mol. The third kappa shape index (κ3) is 2.46. The van der Waals surface area contributed by atoms with Gasteiger partial charge in [0.1, 0.15) is 5.82 Å². The van der Waals surface area contributed by atoms with Gasteiger partial charge < -0.3 is 0 Å². The molecule has 1 heteroatoms. The van der Waals surface area contributed by atoms with Crippen molar-refractivity contribution in [3.05, 3.63) is 77.6 Å². The number of halogens is 1. The zero-order valence-electron chi connectivity index (χ0n) is 11.0. The van der Waals surface area contributed by atoms with Crippen LogP contribution in [0.25, 0.3) is 6.08 Å². The van der Waals surface area contributed by atoms with Crippen molar-refractivity contribution in [2.45, 2.75) is 18.8 Å². The van der Waals surface area contributed by atoms with E-state index in [4.69, 9.17) is 0 Å². The Morgan fingerprint density at radius 3 is 2.42 bits per heavy atom. The molecule has 2 aromatic carbocycles. The first-order valence-electron chi connectivity index (χ1n) is 6.68. The molecule has 0 amide bonds. The quantitative estimate of drug-likeness (QED) is 0.735. The van der Waals surface area contributed by atoms with Gasteiger partial charge in [-0.05, 0) is 41.0 Å². The maximum absolute atomic E-state index is 12.9. The molecule has 2 atom stereocenters. The molecule has 0 aromatic heterocycles. The van der Waals surface area contributed by atoms with Gasteiger partial charge in [0, 0.05) is 0 Å². The second-order valence-electron chi connectivity index (χ2n) is 5.50. The summed E-state index contributed by atoms with van der Waals surface area (Å²) in [7, 11) is 0. The molecule has 0 N–H and O–H groups in total. The van der Waals surface area contributed by atoms with Crippen LogP contribution >= 0.6 is 0 Å². The summed E-state index contributed by atoms with van der Waals surface area (Å²) < 4.78 is 12.9. The van der Waals surface area contributed by atoms with Crippen LogP contribution in [0.3, 0.4) is 0 Å². The van der Waals surface area contributed by atoms with Crippen LogP contribution < -0.4 is 0 Å². The average molecular weight is 252 g/mol. The van der Waals surface area contributed by atoms with Crippen molar-refractivity contribution >= 4 is 6.08 Å². The van der Waals surface area contributed by atoms with E-state index >= 15 is 0 Å². The first-order chi connectivity index (χ1) is 9.18. The van der Waals surface area contributed by atoms with Crippen LogP contribution in [0.4, 0.5) is 4.39 Å². The molecule has 0 aliphatic heterocycles. The third-order valence-electron chi connectivity index (χ3n) is 4.13. The molecule has 2 aromatic rings. The molecule has 0 unspecified atom stereocenters. The Morgan fingerprint density at radius 1 is 1.05 bits per heavy atom. The normalized spacial score (nSPS) is 25.7. The van der Waals surface area contributed by atoms with E-state index in [9.17, 15) is 4.39 Å². The average Bonchev–Trinajstić information content (AvgIpc) is 3.11. The van der Waals surface area contributed by atoms with Gasteiger partial charge in [-0.3, -0.25) is 0 Å². The summed E-state index contributed by atoms with van der Waals surface area (Å²) in [6.45, 7) is 2.25. The van der Waals surface area contributed by atoms with Crippen LogP contribution in [0, 0.1) is 11.7 Å². The van der Waals surface area contributed by atoms with E-state index in [1.807, 2.05) is 30.3 Å². The number of hydrogen-bond donors (Lipinski definition) is 0. The molecule has 0 bridgehead atoms. The molecule has 0 nitrogen and oxygen atoms in total. The van der Waals surface area contributed by atoms with E-state index in [0.29, 0.717) is 5.92 Å². The maximum atomic E-state index is 12.9. The van der Waals surface area contributed by atoms with Crippen LogP contribution in [0.5, 0.6) is 0 Å². The van der Waals surface area contributed by atoms with E-state index in [2.05, 4.69) is 31.2 Å². The molecule has 1 saturated carbocycles. The van der Waals surface area contributed by atoms with E-state index in [1.54, 1.807) is 12.1 Å². The molecular weight excluding hydrogens is 235 g/mol. The molecule has 19 heavy (non-hydrogen) atoms. The number of allylic oxidation sites excluding steroid dienone is 1. The number of benzene rings is 2. The highest BCUT2D eigenvalue weighted by atomic mass is 19.1. The summed E-state index contributed by atoms with van der Waals surface area (Å²) in [6, 6.07) is 17.3. The van der Waals surface area contributed by atoms with Crippen molar-refractivity contribution in [2.24, 2.45) is 5.92 Å². The Labute approximate surface area is 113 Å². The second kappa shape index (κ2) is 4.65. The number of rotatable bonds is 3. The highest BCUT2D eigenvalue weighted by Crippen LogP contribution is 2.54. The first kappa shape index (κ1) is 12.2. The predicted octanol–water partition coefficient (Wildman–Crippen LogP) is 4.82. The third-order valence-corrected chi connectivity index (χ3v) is 4.13. The van der Waals surface area contributed by atoms with Crippen molar-refractivity contribution in [1.29, 1.82) is 0 Å². The Hall–Kier alpha value is -1.89. The first-order valence-corrected chi connectivity index (χ1v) is 6.68. The lowest BCUT2D eigenvalue weighted by atomic mass is 9.95. The molecule has 1 aliphatic carbocycles. The standard InChI is InChI=1S/C18H17F/c1-18(15-9-11-17(19)12-10-15)13-16(18)8-7-14-5-3-2-4-6-14/h2-12,16H,13H2,1H3/b8-7+/t16-,18-/m0/s1.